The van der Waals surface area contributed by atoms with Gasteiger partial charge in [0, 0.05) is 35.8 Å². The van der Waals surface area contributed by atoms with E-state index in [2.05, 4.69) is 20.9 Å². The molecule has 0 spiro atoms. The number of carbonyl (C=O) groups is 1. The fourth-order valence-electron chi connectivity index (χ4n) is 3.76. The highest BCUT2D eigenvalue weighted by Crippen LogP contribution is 2.36. The molecule has 0 saturated carbocycles. The number of hydrogen-bond acceptors (Lipinski definition) is 4. The number of hydrogen-bond donors (Lipinski definition) is 0. The summed E-state index contributed by atoms with van der Waals surface area (Å²) in [7, 11) is 1.66. The van der Waals surface area contributed by atoms with Crippen LogP contribution in [0.5, 0.6) is 0 Å². The first-order valence-corrected chi connectivity index (χ1v) is 11.7. The summed E-state index contributed by atoms with van der Waals surface area (Å²) in [6.07, 6.45) is 1.88. The van der Waals surface area contributed by atoms with Gasteiger partial charge in [-0.05, 0) is 66.9 Å². The van der Waals surface area contributed by atoms with Crippen LogP contribution in [0.3, 0.4) is 0 Å². The van der Waals surface area contributed by atoms with Gasteiger partial charge in [0.2, 0.25) is 0 Å². The van der Waals surface area contributed by atoms with Crippen molar-refractivity contribution in [1.82, 2.24) is 14.1 Å². The van der Waals surface area contributed by atoms with Crippen molar-refractivity contribution in [2.75, 3.05) is 6.61 Å². The predicted molar refractivity (Wildman–Crippen MR) is 130 cm³/mol. The Morgan fingerprint density at radius 3 is 2.44 bits per heavy atom. The third kappa shape index (κ3) is 5.11. The van der Waals surface area contributed by atoms with Crippen molar-refractivity contribution in [3.63, 3.8) is 0 Å². The molecule has 0 aliphatic heterocycles. The summed E-state index contributed by atoms with van der Waals surface area (Å²) in [6.45, 7) is 5.98. The van der Waals surface area contributed by atoms with Gasteiger partial charge in [0.05, 0.1) is 17.3 Å². The highest BCUT2D eigenvalue weighted by molar-refractivity contribution is 9.10. The molecule has 0 amide bonds. The van der Waals surface area contributed by atoms with Gasteiger partial charge in [0.1, 0.15) is 0 Å². The van der Waals surface area contributed by atoms with Crippen molar-refractivity contribution < 1.29 is 9.53 Å². The van der Waals surface area contributed by atoms with Crippen LogP contribution in [-0.4, -0.2) is 26.7 Å². The number of esters is 1. The molecule has 9 heteroatoms. The second-order valence-corrected chi connectivity index (χ2v) is 9.29. The number of aromatic nitrogens is 3. The van der Waals surface area contributed by atoms with Gasteiger partial charge in [-0.3, -0.25) is 4.79 Å². The van der Waals surface area contributed by atoms with Crippen molar-refractivity contribution in [1.29, 1.82) is 0 Å². The number of rotatable bonds is 7. The van der Waals surface area contributed by atoms with E-state index >= 15 is 0 Å². The minimum absolute atomic E-state index is 0.00736. The lowest BCUT2D eigenvalue weighted by Crippen LogP contribution is -2.24. The first-order valence-electron chi connectivity index (χ1n) is 10.2. The third-order valence-corrected chi connectivity index (χ3v) is 6.16. The molecule has 2 aromatic heterocycles. The molecule has 0 fully saturated rings. The molecule has 0 bridgehead atoms. The molecular weight excluding hydrogens is 517 g/mol. The van der Waals surface area contributed by atoms with E-state index in [1.165, 1.54) is 4.57 Å². The Morgan fingerprint density at radius 2 is 1.84 bits per heavy atom. The number of carbonyl (C=O) groups excluding carboxylic acids is 1. The zero-order chi connectivity index (χ0) is 23.6. The van der Waals surface area contributed by atoms with Crippen molar-refractivity contribution in [2.45, 2.75) is 39.2 Å². The van der Waals surface area contributed by atoms with E-state index in [0.29, 0.717) is 32.5 Å². The molecule has 0 aliphatic rings. The van der Waals surface area contributed by atoms with Gasteiger partial charge in [-0.25, -0.2) is 9.78 Å². The molecule has 1 unspecified atom stereocenters. The third-order valence-electron chi connectivity index (χ3n) is 5.14. The van der Waals surface area contributed by atoms with Gasteiger partial charge < -0.3 is 13.9 Å². The molecule has 1 atom stereocenters. The average Bonchev–Trinajstić information content (AvgIpc) is 3.07. The smallest absolute Gasteiger partial charge is 0.358 e. The van der Waals surface area contributed by atoms with Crippen LogP contribution < -0.4 is 5.56 Å². The summed E-state index contributed by atoms with van der Waals surface area (Å²) in [5.74, 6) is -0.889. The summed E-state index contributed by atoms with van der Waals surface area (Å²) >= 11 is 15.9. The maximum absolute atomic E-state index is 12.9. The molecule has 0 saturated heterocycles. The van der Waals surface area contributed by atoms with Crippen molar-refractivity contribution in [3.8, 4) is 0 Å². The Morgan fingerprint density at radius 1 is 1.19 bits per heavy atom. The van der Waals surface area contributed by atoms with Gasteiger partial charge in [-0.1, -0.05) is 35.3 Å². The van der Waals surface area contributed by atoms with Crippen LogP contribution in [0.1, 0.15) is 60.0 Å². The molecule has 3 aromatic rings. The number of pyridine rings is 1. The Kier molecular flexibility index (Phi) is 7.85. The van der Waals surface area contributed by atoms with Crippen molar-refractivity contribution >= 4 is 45.1 Å². The molecule has 3 rings (SSSR count). The topological polar surface area (TPSA) is 66.1 Å². The monoisotopic (exact) mass is 539 g/mol. The lowest BCUT2D eigenvalue weighted by Gasteiger charge is -2.23. The summed E-state index contributed by atoms with van der Waals surface area (Å²) < 4.78 is 9.21. The molecule has 0 N–H and O–H groups in total. The maximum Gasteiger partial charge on any atom is 0.358 e. The Labute approximate surface area is 205 Å². The highest BCUT2D eigenvalue weighted by atomic mass is 79.9. The summed E-state index contributed by atoms with van der Waals surface area (Å²) in [5, 5.41) is 1.05. The van der Waals surface area contributed by atoms with Gasteiger partial charge in [-0.2, -0.15) is 0 Å². The van der Waals surface area contributed by atoms with Gasteiger partial charge in [-0.15, -0.1) is 0 Å². The van der Waals surface area contributed by atoms with Crippen LogP contribution in [-0.2, 0) is 18.2 Å². The van der Waals surface area contributed by atoms with Crippen molar-refractivity contribution in [2.24, 2.45) is 7.05 Å². The number of benzene rings is 1. The zero-order valence-corrected chi connectivity index (χ0v) is 21.3. The van der Waals surface area contributed by atoms with E-state index in [1.54, 1.807) is 38.4 Å². The number of ether oxygens (including phenoxy) is 1. The normalized spacial score (nSPS) is 12.2. The molecule has 0 radical (unpaired) electrons. The summed E-state index contributed by atoms with van der Waals surface area (Å²) in [5.41, 5.74) is 2.14. The standard InChI is InChI=1S/C23H24BrCl2N3O3/c1-5-32-22(31)19-20(29(13(2)3)23(24)27-19)18(14-6-8-16(25)9-7-14)11-15-10-17(26)12-28(4)21(15)30/h6-10,12-13,18H,5,11H2,1-4H3. The van der Waals surface area contributed by atoms with Crippen LogP contribution in [0.15, 0.2) is 46.1 Å². The predicted octanol–water partition coefficient (Wildman–Crippen LogP) is 5.78. The van der Waals surface area contributed by atoms with Crippen LogP contribution in [0.25, 0.3) is 0 Å². The zero-order valence-electron chi connectivity index (χ0n) is 18.2. The lowest BCUT2D eigenvalue weighted by atomic mass is 9.88. The van der Waals surface area contributed by atoms with Gasteiger partial charge in [0.25, 0.3) is 5.56 Å². The first-order chi connectivity index (χ1) is 15.1. The second-order valence-electron chi connectivity index (χ2n) is 7.71. The van der Waals surface area contributed by atoms with E-state index in [9.17, 15) is 9.59 Å². The summed E-state index contributed by atoms with van der Waals surface area (Å²) in [6, 6.07) is 9.02. The highest BCUT2D eigenvalue weighted by Gasteiger charge is 2.31. The quantitative estimate of drug-likeness (QED) is 0.356. The Bertz CT molecular complexity index is 1190. The van der Waals surface area contributed by atoms with E-state index in [0.717, 1.165) is 5.56 Å². The van der Waals surface area contributed by atoms with Crippen LogP contribution in [0.4, 0.5) is 0 Å². The molecule has 1 aromatic carbocycles. The van der Waals surface area contributed by atoms with Crippen molar-refractivity contribution in [3.05, 3.63) is 84.2 Å². The van der Waals surface area contributed by atoms with E-state index in [1.807, 2.05) is 30.5 Å². The largest absolute Gasteiger partial charge is 0.461 e. The van der Waals surface area contributed by atoms with Crippen LogP contribution in [0, 0.1) is 0 Å². The fraction of sp³-hybridized carbons (Fsp3) is 0.348. The Hall–Kier alpha value is -2.09. The fourth-order valence-corrected chi connectivity index (χ4v) is 4.94. The number of imidazole rings is 1. The Balaban J connectivity index is 2.28. The van der Waals surface area contributed by atoms with Crippen LogP contribution in [0.2, 0.25) is 10.0 Å². The molecule has 170 valence electrons. The number of nitrogens with zero attached hydrogens (tertiary/aromatic N) is 3. The lowest BCUT2D eigenvalue weighted by molar-refractivity contribution is 0.0518. The first kappa shape index (κ1) is 24.6. The number of aryl methyl sites for hydroxylation is 1. The molecule has 32 heavy (non-hydrogen) atoms. The van der Waals surface area contributed by atoms with E-state index < -0.39 is 5.97 Å². The second kappa shape index (κ2) is 10.2. The minimum atomic E-state index is -0.513. The van der Waals surface area contributed by atoms with E-state index in [4.69, 9.17) is 27.9 Å². The molecule has 6 nitrogen and oxygen atoms in total. The maximum atomic E-state index is 12.9. The van der Waals surface area contributed by atoms with E-state index in [-0.39, 0.29) is 29.8 Å². The SMILES string of the molecule is CCOC(=O)c1nc(Br)n(C(C)C)c1C(Cc1cc(Cl)cn(C)c1=O)c1ccc(Cl)cc1. The minimum Gasteiger partial charge on any atom is -0.461 e. The molecule has 0 aliphatic carbocycles. The molecular formula is C23H24BrCl2N3O3. The van der Waals surface area contributed by atoms with Crippen LogP contribution >= 0.6 is 39.1 Å². The average molecular weight is 541 g/mol. The molecule has 2 heterocycles. The van der Waals surface area contributed by atoms with Gasteiger partial charge in [0.15, 0.2) is 10.4 Å². The van der Waals surface area contributed by atoms with Gasteiger partial charge >= 0.3 is 5.97 Å². The number of halogens is 3. The summed E-state index contributed by atoms with van der Waals surface area (Å²) in [4.78, 5) is 30.2.